The van der Waals surface area contributed by atoms with Gasteiger partial charge >= 0.3 is 0 Å². The first-order valence-electron chi connectivity index (χ1n) is 7.86. The lowest BCUT2D eigenvalue weighted by Crippen LogP contribution is -2.30. The van der Waals surface area contributed by atoms with E-state index in [-0.39, 0.29) is 5.60 Å². The van der Waals surface area contributed by atoms with Crippen LogP contribution < -0.4 is 0 Å². The van der Waals surface area contributed by atoms with Crippen molar-refractivity contribution in [3.63, 3.8) is 0 Å². The summed E-state index contributed by atoms with van der Waals surface area (Å²) in [6.07, 6.45) is 12.1. The highest BCUT2D eigenvalue weighted by molar-refractivity contribution is 4.85. The zero-order valence-electron chi connectivity index (χ0n) is 12.2. The first kappa shape index (κ1) is 15.0. The molecular formula is C16H32O. The molecular weight excluding hydrogens is 208 g/mol. The molecule has 17 heavy (non-hydrogen) atoms. The third-order valence-corrected chi connectivity index (χ3v) is 4.79. The van der Waals surface area contributed by atoms with Gasteiger partial charge in [0.2, 0.25) is 0 Å². The van der Waals surface area contributed by atoms with Gasteiger partial charge in [-0.05, 0) is 37.5 Å². The number of hydrogen-bond acceptors (Lipinski definition) is 1. The van der Waals surface area contributed by atoms with Gasteiger partial charge in [-0.1, -0.05) is 59.3 Å². The van der Waals surface area contributed by atoms with Gasteiger partial charge in [-0.3, -0.25) is 0 Å². The van der Waals surface area contributed by atoms with Crippen LogP contribution in [-0.4, -0.2) is 10.7 Å². The van der Waals surface area contributed by atoms with Gasteiger partial charge in [0.15, 0.2) is 0 Å². The second kappa shape index (κ2) is 7.41. The van der Waals surface area contributed by atoms with E-state index in [4.69, 9.17) is 0 Å². The van der Waals surface area contributed by atoms with Crippen LogP contribution in [0.1, 0.15) is 85.0 Å². The Kier molecular flexibility index (Phi) is 6.54. The van der Waals surface area contributed by atoms with Crippen LogP contribution in [0.4, 0.5) is 0 Å². The van der Waals surface area contributed by atoms with Crippen LogP contribution in [0.2, 0.25) is 0 Å². The van der Waals surface area contributed by atoms with Crippen LogP contribution in [0.5, 0.6) is 0 Å². The van der Waals surface area contributed by atoms with Crippen LogP contribution in [-0.2, 0) is 0 Å². The lowest BCUT2D eigenvalue weighted by molar-refractivity contribution is -0.000932. The Labute approximate surface area is 108 Å². The third-order valence-electron chi connectivity index (χ3n) is 4.79. The van der Waals surface area contributed by atoms with Gasteiger partial charge in [0, 0.05) is 0 Å². The summed E-state index contributed by atoms with van der Waals surface area (Å²) in [7, 11) is 0. The molecule has 1 aliphatic rings. The minimum absolute atomic E-state index is 0.334. The van der Waals surface area contributed by atoms with Crippen LogP contribution in [0.15, 0.2) is 0 Å². The largest absolute Gasteiger partial charge is 0.390 e. The molecule has 0 amide bonds. The van der Waals surface area contributed by atoms with E-state index in [0.717, 1.165) is 31.1 Å². The average molecular weight is 240 g/mol. The van der Waals surface area contributed by atoms with E-state index in [1.54, 1.807) is 0 Å². The minimum atomic E-state index is -0.334. The van der Waals surface area contributed by atoms with Crippen molar-refractivity contribution in [3.05, 3.63) is 0 Å². The maximum absolute atomic E-state index is 10.8. The van der Waals surface area contributed by atoms with Crippen molar-refractivity contribution >= 4 is 0 Å². The predicted molar refractivity (Wildman–Crippen MR) is 75.1 cm³/mol. The van der Waals surface area contributed by atoms with Crippen molar-refractivity contribution < 1.29 is 5.11 Å². The molecule has 1 aliphatic carbocycles. The molecule has 0 saturated heterocycles. The van der Waals surface area contributed by atoms with E-state index in [0.29, 0.717) is 0 Å². The Balaban J connectivity index is 2.47. The standard InChI is InChI=1S/C16H32O/c1-4-8-15-9-7-11-16(17,12-10-15)13-14(5-2)6-3/h14-15,17H,4-13H2,1-3H3. The number of aliphatic hydroxyl groups is 1. The molecule has 1 heteroatoms. The summed E-state index contributed by atoms with van der Waals surface area (Å²) < 4.78 is 0. The lowest BCUT2D eigenvalue weighted by atomic mass is 9.82. The maximum atomic E-state index is 10.8. The molecule has 1 nitrogen and oxygen atoms in total. The van der Waals surface area contributed by atoms with Gasteiger partial charge in [0.05, 0.1) is 5.60 Å². The van der Waals surface area contributed by atoms with E-state index >= 15 is 0 Å². The highest BCUT2D eigenvalue weighted by Crippen LogP contribution is 2.37. The summed E-state index contributed by atoms with van der Waals surface area (Å²) in [6.45, 7) is 6.80. The normalized spacial score (nSPS) is 30.5. The Morgan fingerprint density at radius 3 is 2.41 bits per heavy atom. The zero-order chi connectivity index (χ0) is 12.7. The third kappa shape index (κ3) is 4.99. The fraction of sp³-hybridized carbons (Fsp3) is 1.00. The summed E-state index contributed by atoms with van der Waals surface area (Å²) >= 11 is 0. The first-order valence-corrected chi connectivity index (χ1v) is 7.86. The van der Waals surface area contributed by atoms with Gasteiger partial charge in [-0.2, -0.15) is 0 Å². The molecule has 0 spiro atoms. The van der Waals surface area contributed by atoms with Crippen LogP contribution >= 0.6 is 0 Å². The first-order chi connectivity index (χ1) is 8.13. The van der Waals surface area contributed by atoms with Crippen LogP contribution in [0.25, 0.3) is 0 Å². The molecule has 0 aromatic rings. The van der Waals surface area contributed by atoms with E-state index in [9.17, 15) is 5.11 Å². The number of rotatable bonds is 6. The molecule has 0 bridgehead atoms. The SMILES string of the molecule is CCCC1CCCC(O)(CC(CC)CC)CC1. The molecule has 1 rings (SSSR count). The molecule has 1 saturated carbocycles. The topological polar surface area (TPSA) is 20.2 Å². The van der Waals surface area contributed by atoms with Gasteiger partial charge < -0.3 is 5.11 Å². The van der Waals surface area contributed by atoms with Gasteiger partial charge in [-0.15, -0.1) is 0 Å². The van der Waals surface area contributed by atoms with Gasteiger partial charge in [0.1, 0.15) is 0 Å². The Morgan fingerprint density at radius 2 is 1.82 bits per heavy atom. The molecule has 0 heterocycles. The molecule has 0 aromatic heterocycles. The van der Waals surface area contributed by atoms with Crippen molar-refractivity contribution in [2.75, 3.05) is 0 Å². The van der Waals surface area contributed by atoms with Crippen molar-refractivity contribution in [2.45, 2.75) is 90.6 Å². The summed E-state index contributed by atoms with van der Waals surface area (Å²) in [5, 5.41) is 10.8. The summed E-state index contributed by atoms with van der Waals surface area (Å²) in [6, 6.07) is 0. The Bertz CT molecular complexity index is 198. The van der Waals surface area contributed by atoms with Crippen LogP contribution in [0, 0.1) is 11.8 Å². The highest BCUT2D eigenvalue weighted by atomic mass is 16.3. The average Bonchev–Trinajstić information content (AvgIpc) is 2.50. The van der Waals surface area contributed by atoms with Gasteiger partial charge in [0.25, 0.3) is 0 Å². The van der Waals surface area contributed by atoms with E-state index in [2.05, 4.69) is 20.8 Å². The zero-order valence-corrected chi connectivity index (χ0v) is 12.2. The Morgan fingerprint density at radius 1 is 1.12 bits per heavy atom. The smallest absolute Gasteiger partial charge is 0.0650 e. The second-order valence-electron chi connectivity index (χ2n) is 6.20. The maximum Gasteiger partial charge on any atom is 0.0650 e. The predicted octanol–water partition coefficient (Wildman–Crippen LogP) is 4.92. The van der Waals surface area contributed by atoms with Crippen molar-refractivity contribution in [1.29, 1.82) is 0 Å². The highest BCUT2D eigenvalue weighted by Gasteiger charge is 2.32. The van der Waals surface area contributed by atoms with E-state index < -0.39 is 0 Å². The molecule has 0 aliphatic heterocycles. The second-order valence-corrected chi connectivity index (χ2v) is 6.20. The van der Waals surface area contributed by atoms with Crippen molar-refractivity contribution in [1.82, 2.24) is 0 Å². The fourth-order valence-corrected chi connectivity index (χ4v) is 3.48. The van der Waals surface area contributed by atoms with Crippen LogP contribution in [0.3, 0.4) is 0 Å². The fourth-order valence-electron chi connectivity index (χ4n) is 3.48. The lowest BCUT2D eigenvalue weighted by Gasteiger charge is -2.30. The van der Waals surface area contributed by atoms with Gasteiger partial charge in [-0.25, -0.2) is 0 Å². The quantitative estimate of drug-likeness (QED) is 0.653. The summed E-state index contributed by atoms with van der Waals surface area (Å²) in [5.41, 5.74) is -0.334. The summed E-state index contributed by atoms with van der Waals surface area (Å²) in [5.74, 6) is 1.61. The van der Waals surface area contributed by atoms with E-state index in [1.807, 2.05) is 0 Å². The molecule has 102 valence electrons. The molecule has 1 fully saturated rings. The molecule has 2 unspecified atom stereocenters. The summed E-state index contributed by atoms with van der Waals surface area (Å²) in [4.78, 5) is 0. The Hall–Kier alpha value is -0.0400. The molecule has 1 N–H and O–H groups in total. The molecule has 0 radical (unpaired) electrons. The van der Waals surface area contributed by atoms with E-state index in [1.165, 1.54) is 44.9 Å². The molecule has 0 aromatic carbocycles. The minimum Gasteiger partial charge on any atom is -0.390 e. The van der Waals surface area contributed by atoms with Crippen molar-refractivity contribution in [3.8, 4) is 0 Å². The monoisotopic (exact) mass is 240 g/mol. The number of hydrogen-bond donors (Lipinski definition) is 1. The molecule has 2 atom stereocenters. The van der Waals surface area contributed by atoms with Crippen molar-refractivity contribution in [2.24, 2.45) is 11.8 Å².